The first-order valence-electron chi connectivity index (χ1n) is 6.56. The number of fused-ring (bicyclic) bond motifs is 1. The van der Waals surface area contributed by atoms with E-state index < -0.39 is 5.97 Å². The number of furan rings is 1. The van der Waals surface area contributed by atoms with Gasteiger partial charge in [-0.3, -0.25) is 9.69 Å². The number of carbonyl (C=O) groups is 1. The zero-order valence-electron chi connectivity index (χ0n) is 11.3. The third kappa shape index (κ3) is 3.15. The molecule has 1 heterocycles. The topological polar surface area (TPSA) is 53.7 Å². The van der Waals surface area contributed by atoms with Crippen molar-refractivity contribution in [1.29, 1.82) is 0 Å². The Bertz CT molecular complexity index is 528. The van der Waals surface area contributed by atoms with E-state index in [0.717, 1.165) is 23.3 Å². The molecular weight excluding hydrogens is 242 g/mol. The highest BCUT2D eigenvalue weighted by atomic mass is 16.4. The highest BCUT2D eigenvalue weighted by Gasteiger charge is 2.18. The summed E-state index contributed by atoms with van der Waals surface area (Å²) < 4.78 is 5.83. The summed E-state index contributed by atoms with van der Waals surface area (Å²) in [6.07, 6.45) is 0.151. The van der Waals surface area contributed by atoms with E-state index >= 15 is 0 Å². The van der Waals surface area contributed by atoms with Crippen LogP contribution < -0.4 is 0 Å². The van der Waals surface area contributed by atoms with E-state index in [0.29, 0.717) is 6.54 Å². The number of hydrogen-bond donors (Lipinski definition) is 1. The molecular formula is C15H19NO3. The van der Waals surface area contributed by atoms with Crippen LogP contribution in [-0.4, -0.2) is 29.1 Å². The molecule has 0 fully saturated rings. The first kappa shape index (κ1) is 13.6. The van der Waals surface area contributed by atoms with Crippen LogP contribution in [0.5, 0.6) is 0 Å². The first-order valence-corrected chi connectivity index (χ1v) is 6.56. The Balaban J connectivity index is 2.16. The monoisotopic (exact) mass is 261 g/mol. The lowest BCUT2D eigenvalue weighted by Gasteiger charge is -2.25. The van der Waals surface area contributed by atoms with Crippen LogP contribution in [0.15, 0.2) is 34.7 Å². The van der Waals surface area contributed by atoms with Crippen molar-refractivity contribution in [2.45, 2.75) is 26.3 Å². The average molecular weight is 261 g/mol. The quantitative estimate of drug-likeness (QED) is 0.867. The van der Waals surface area contributed by atoms with Crippen molar-refractivity contribution < 1.29 is 14.3 Å². The molecule has 0 aliphatic rings. The van der Waals surface area contributed by atoms with Crippen molar-refractivity contribution in [2.24, 2.45) is 0 Å². The normalized spacial score (nSPS) is 13.0. The van der Waals surface area contributed by atoms with Gasteiger partial charge in [0, 0.05) is 11.9 Å². The second-order valence-corrected chi connectivity index (χ2v) is 4.63. The molecule has 1 aromatic heterocycles. The Morgan fingerprint density at radius 2 is 2.16 bits per heavy atom. The molecule has 0 bridgehead atoms. The number of aliphatic carboxylic acids is 1. The lowest BCUT2D eigenvalue weighted by atomic mass is 10.2. The molecule has 0 aliphatic heterocycles. The summed E-state index contributed by atoms with van der Waals surface area (Å²) in [5, 5.41) is 9.86. The number of rotatable bonds is 6. The smallest absolute Gasteiger partial charge is 0.304 e. The third-order valence-electron chi connectivity index (χ3n) is 3.42. The standard InChI is InChI=1S/C15H19NO3/c1-3-16(9-8-15(17)18)11(2)14-10-12-6-4-5-7-13(12)19-14/h4-7,10-11H,3,8-9H2,1-2H3,(H,17,18). The number of carboxylic acid groups (broad SMARTS) is 1. The van der Waals surface area contributed by atoms with Gasteiger partial charge < -0.3 is 9.52 Å². The Morgan fingerprint density at radius 3 is 2.79 bits per heavy atom. The van der Waals surface area contributed by atoms with Crippen LogP contribution in [0.4, 0.5) is 0 Å². The van der Waals surface area contributed by atoms with Crippen molar-refractivity contribution in [3.63, 3.8) is 0 Å². The number of para-hydroxylation sites is 1. The van der Waals surface area contributed by atoms with Gasteiger partial charge in [0.15, 0.2) is 0 Å². The van der Waals surface area contributed by atoms with Crippen LogP contribution in [0.1, 0.15) is 32.1 Å². The van der Waals surface area contributed by atoms with Crippen LogP contribution >= 0.6 is 0 Å². The Morgan fingerprint density at radius 1 is 1.42 bits per heavy atom. The van der Waals surface area contributed by atoms with Gasteiger partial charge in [-0.2, -0.15) is 0 Å². The van der Waals surface area contributed by atoms with E-state index in [4.69, 9.17) is 9.52 Å². The van der Waals surface area contributed by atoms with Gasteiger partial charge in [-0.15, -0.1) is 0 Å². The molecule has 0 amide bonds. The Labute approximate surface area is 112 Å². The van der Waals surface area contributed by atoms with Gasteiger partial charge in [0.1, 0.15) is 11.3 Å². The van der Waals surface area contributed by atoms with E-state index in [9.17, 15) is 4.79 Å². The lowest BCUT2D eigenvalue weighted by Crippen LogP contribution is -2.29. The van der Waals surface area contributed by atoms with E-state index in [1.165, 1.54) is 0 Å². The molecule has 4 nitrogen and oxygen atoms in total. The molecule has 2 rings (SSSR count). The second-order valence-electron chi connectivity index (χ2n) is 4.63. The molecule has 1 N–H and O–H groups in total. The summed E-state index contributed by atoms with van der Waals surface area (Å²) in [5.74, 6) is 0.115. The molecule has 1 unspecified atom stereocenters. The second kappa shape index (κ2) is 5.89. The fourth-order valence-electron chi connectivity index (χ4n) is 2.25. The molecule has 0 saturated carbocycles. The van der Waals surface area contributed by atoms with Gasteiger partial charge in [-0.1, -0.05) is 25.1 Å². The fourth-order valence-corrected chi connectivity index (χ4v) is 2.25. The zero-order chi connectivity index (χ0) is 13.8. The third-order valence-corrected chi connectivity index (χ3v) is 3.42. The molecule has 0 saturated heterocycles. The molecule has 0 radical (unpaired) electrons. The molecule has 4 heteroatoms. The first-order chi connectivity index (χ1) is 9.11. The molecule has 1 atom stereocenters. The van der Waals surface area contributed by atoms with Crippen molar-refractivity contribution in [1.82, 2.24) is 4.90 Å². The number of hydrogen-bond acceptors (Lipinski definition) is 3. The minimum Gasteiger partial charge on any atom is -0.481 e. The lowest BCUT2D eigenvalue weighted by molar-refractivity contribution is -0.137. The average Bonchev–Trinajstić information content (AvgIpc) is 2.82. The summed E-state index contributed by atoms with van der Waals surface area (Å²) in [5.41, 5.74) is 0.874. The summed E-state index contributed by atoms with van der Waals surface area (Å²) >= 11 is 0. The van der Waals surface area contributed by atoms with Gasteiger partial charge in [-0.05, 0) is 25.6 Å². The largest absolute Gasteiger partial charge is 0.481 e. The minimum atomic E-state index is -0.768. The van der Waals surface area contributed by atoms with Crippen molar-refractivity contribution in [3.8, 4) is 0 Å². The van der Waals surface area contributed by atoms with Gasteiger partial charge in [0.2, 0.25) is 0 Å². The molecule has 0 spiro atoms. The fraction of sp³-hybridized carbons (Fsp3) is 0.400. The maximum absolute atomic E-state index is 10.7. The maximum atomic E-state index is 10.7. The van der Waals surface area contributed by atoms with Crippen LogP contribution in [0, 0.1) is 0 Å². The SMILES string of the molecule is CCN(CCC(=O)O)C(C)c1cc2ccccc2o1. The highest BCUT2D eigenvalue weighted by Crippen LogP contribution is 2.27. The van der Waals surface area contributed by atoms with Gasteiger partial charge in [0.25, 0.3) is 0 Å². The summed E-state index contributed by atoms with van der Waals surface area (Å²) in [7, 11) is 0. The van der Waals surface area contributed by atoms with E-state index in [-0.39, 0.29) is 12.5 Å². The van der Waals surface area contributed by atoms with Crippen LogP contribution in [0.2, 0.25) is 0 Å². The summed E-state index contributed by atoms with van der Waals surface area (Å²) in [6, 6.07) is 10.00. The van der Waals surface area contributed by atoms with Crippen LogP contribution in [0.25, 0.3) is 11.0 Å². The molecule has 1 aromatic carbocycles. The molecule has 2 aromatic rings. The molecule has 19 heavy (non-hydrogen) atoms. The van der Waals surface area contributed by atoms with E-state index in [1.807, 2.05) is 44.2 Å². The number of carboxylic acids is 1. The Hall–Kier alpha value is -1.81. The minimum absolute atomic E-state index is 0.0803. The predicted octanol–water partition coefficient (Wildman–Crippen LogP) is 3.29. The van der Waals surface area contributed by atoms with Crippen molar-refractivity contribution >= 4 is 16.9 Å². The van der Waals surface area contributed by atoms with Crippen LogP contribution in [0.3, 0.4) is 0 Å². The molecule has 0 aliphatic carbocycles. The number of nitrogens with zero attached hydrogens (tertiary/aromatic N) is 1. The molecule has 102 valence electrons. The van der Waals surface area contributed by atoms with Gasteiger partial charge in [-0.25, -0.2) is 0 Å². The van der Waals surface area contributed by atoms with Crippen molar-refractivity contribution in [2.75, 3.05) is 13.1 Å². The van der Waals surface area contributed by atoms with E-state index in [1.54, 1.807) is 0 Å². The van der Waals surface area contributed by atoms with Crippen molar-refractivity contribution in [3.05, 3.63) is 36.1 Å². The Kier molecular flexibility index (Phi) is 4.22. The summed E-state index contributed by atoms with van der Waals surface area (Å²) in [6.45, 7) is 5.40. The van der Waals surface area contributed by atoms with Crippen LogP contribution in [-0.2, 0) is 4.79 Å². The zero-order valence-corrected chi connectivity index (χ0v) is 11.3. The highest BCUT2D eigenvalue weighted by molar-refractivity contribution is 5.77. The predicted molar refractivity (Wildman–Crippen MR) is 74.1 cm³/mol. The van der Waals surface area contributed by atoms with Gasteiger partial charge >= 0.3 is 5.97 Å². The van der Waals surface area contributed by atoms with Gasteiger partial charge in [0.05, 0.1) is 12.5 Å². The summed E-state index contributed by atoms with van der Waals surface area (Å²) in [4.78, 5) is 12.8. The maximum Gasteiger partial charge on any atom is 0.304 e. The van der Waals surface area contributed by atoms with E-state index in [2.05, 4.69) is 4.90 Å². The number of benzene rings is 1.